The molecule has 1 aromatic rings. The molecule has 9 heteroatoms. The number of halogens is 4. The van der Waals surface area contributed by atoms with Crippen molar-refractivity contribution in [2.75, 3.05) is 4.72 Å². The highest BCUT2D eigenvalue weighted by molar-refractivity contribution is 9.10. The number of nitrogens with zero attached hydrogens (tertiary/aromatic N) is 1. The van der Waals surface area contributed by atoms with Crippen molar-refractivity contribution < 1.29 is 21.6 Å². The van der Waals surface area contributed by atoms with Gasteiger partial charge in [-0.3, -0.25) is 4.72 Å². The summed E-state index contributed by atoms with van der Waals surface area (Å²) in [6.45, 7) is 1.08. The van der Waals surface area contributed by atoms with Crippen LogP contribution in [-0.4, -0.2) is 13.7 Å². The molecule has 19 heavy (non-hydrogen) atoms. The van der Waals surface area contributed by atoms with Crippen molar-refractivity contribution in [3.8, 4) is 6.07 Å². The first kappa shape index (κ1) is 15.8. The molecule has 0 spiro atoms. The maximum Gasteiger partial charge on any atom is 0.418 e. The molecule has 0 radical (unpaired) electrons. The van der Waals surface area contributed by atoms with Gasteiger partial charge in [0.2, 0.25) is 10.0 Å². The quantitative estimate of drug-likeness (QED) is 0.904. The lowest BCUT2D eigenvalue weighted by Crippen LogP contribution is -2.25. The molecule has 1 rings (SSSR count). The Kier molecular flexibility index (Phi) is 4.47. The highest BCUT2D eigenvalue weighted by Crippen LogP contribution is 2.37. The van der Waals surface area contributed by atoms with Gasteiger partial charge in [-0.25, -0.2) is 8.42 Å². The van der Waals surface area contributed by atoms with Crippen molar-refractivity contribution in [3.63, 3.8) is 0 Å². The maximum atomic E-state index is 12.8. The summed E-state index contributed by atoms with van der Waals surface area (Å²) in [4.78, 5) is 0. The SMILES string of the molecule is CC(C#N)S(=O)(=O)Nc1ccc(Br)cc1C(F)(F)F. The highest BCUT2D eigenvalue weighted by Gasteiger charge is 2.35. The van der Waals surface area contributed by atoms with Gasteiger partial charge in [0.05, 0.1) is 17.3 Å². The average Bonchev–Trinajstić information content (AvgIpc) is 2.28. The molecular formula is C10H8BrF3N2O2S. The molecule has 1 atom stereocenters. The minimum atomic E-state index is -4.71. The van der Waals surface area contributed by atoms with E-state index in [9.17, 15) is 21.6 Å². The van der Waals surface area contributed by atoms with Gasteiger partial charge in [-0.2, -0.15) is 18.4 Å². The molecule has 1 aromatic carbocycles. The van der Waals surface area contributed by atoms with Gasteiger partial charge in [-0.05, 0) is 25.1 Å². The van der Waals surface area contributed by atoms with Gasteiger partial charge in [-0.15, -0.1) is 0 Å². The van der Waals surface area contributed by atoms with Gasteiger partial charge >= 0.3 is 6.18 Å². The van der Waals surface area contributed by atoms with Gasteiger partial charge in [-0.1, -0.05) is 15.9 Å². The molecule has 104 valence electrons. The molecule has 0 amide bonds. The lowest BCUT2D eigenvalue weighted by atomic mass is 10.2. The summed E-state index contributed by atoms with van der Waals surface area (Å²) >= 11 is 2.88. The van der Waals surface area contributed by atoms with Crippen LogP contribution in [0.3, 0.4) is 0 Å². The Hall–Kier alpha value is -1.27. The Morgan fingerprint density at radius 2 is 2.00 bits per heavy atom. The number of benzene rings is 1. The van der Waals surface area contributed by atoms with Crippen molar-refractivity contribution >= 4 is 31.6 Å². The third-order valence-electron chi connectivity index (χ3n) is 2.19. The van der Waals surface area contributed by atoms with E-state index in [1.807, 2.05) is 0 Å². The molecule has 4 nitrogen and oxygen atoms in total. The number of nitrogens with one attached hydrogen (secondary N) is 1. The molecule has 1 N–H and O–H groups in total. The van der Waals surface area contributed by atoms with Crippen LogP contribution >= 0.6 is 15.9 Å². The highest BCUT2D eigenvalue weighted by atomic mass is 79.9. The van der Waals surface area contributed by atoms with Crippen LogP contribution in [0.4, 0.5) is 18.9 Å². The fourth-order valence-electron chi connectivity index (χ4n) is 1.15. The summed E-state index contributed by atoms with van der Waals surface area (Å²) in [7, 11) is -4.19. The van der Waals surface area contributed by atoms with Crippen LogP contribution in [-0.2, 0) is 16.2 Å². The summed E-state index contributed by atoms with van der Waals surface area (Å²) < 4.78 is 63.4. The molecular weight excluding hydrogens is 349 g/mol. The van der Waals surface area contributed by atoms with E-state index >= 15 is 0 Å². The van der Waals surface area contributed by atoms with Crippen molar-refractivity contribution in [2.24, 2.45) is 0 Å². The molecule has 1 unspecified atom stereocenters. The largest absolute Gasteiger partial charge is 0.418 e. The third-order valence-corrected chi connectivity index (χ3v) is 4.22. The van der Waals surface area contributed by atoms with Crippen molar-refractivity contribution in [1.82, 2.24) is 0 Å². The second-order valence-corrected chi connectivity index (χ2v) is 6.52. The summed E-state index contributed by atoms with van der Waals surface area (Å²) in [6.07, 6.45) is -4.71. The van der Waals surface area contributed by atoms with Crippen LogP contribution in [0.5, 0.6) is 0 Å². The summed E-state index contributed by atoms with van der Waals surface area (Å²) in [5.41, 5.74) is -1.74. The molecule has 0 aliphatic rings. The van der Waals surface area contributed by atoms with E-state index in [1.165, 1.54) is 12.1 Å². The number of rotatable bonds is 3. The van der Waals surface area contributed by atoms with Gasteiger partial charge in [0.15, 0.2) is 5.25 Å². The van der Waals surface area contributed by atoms with E-state index in [0.29, 0.717) is 0 Å². The van der Waals surface area contributed by atoms with Crippen LogP contribution < -0.4 is 4.72 Å². The molecule has 0 aromatic heterocycles. The minimum Gasteiger partial charge on any atom is -0.282 e. The smallest absolute Gasteiger partial charge is 0.282 e. The first-order valence-corrected chi connectivity index (χ1v) is 7.20. The Labute approximate surface area is 116 Å². The molecule has 0 aliphatic heterocycles. The zero-order chi connectivity index (χ0) is 14.8. The first-order chi connectivity index (χ1) is 8.58. The second-order valence-electron chi connectivity index (χ2n) is 3.61. The van der Waals surface area contributed by atoms with Gasteiger partial charge in [0, 0.05) is 4.47 Å². The Balaban J connectivity index is 3.28. The van der Waals surface area contributed by atoms with E-state index in [4.69, 9.17) is 5.26 Å². The standard InChI is InChI=1S/C10H8BrF3N2O2S/c1-6(5-15)19(17,18)16-9-3-2-7(11)4-8(9)10(12,13)14/h2-4,6,16H,1H3. The van der Waals surface area contributed by atoms with E-state index in [2.05, 4.69) is 15.9 Å². The number of nitriles is 1. The Morgan fingerprint density at radius 1 is 1.42 bits per heavy atom. The molecule has 0 bridgehead atoms. The van der Waals surface area contributed by atoms with Crippen LogP contribution in [0.15, 0.2) is 22.7 Å². The summed E-state index contributed by atoms with van der Waals surface area (Å²) in [5, 5.41) is 7.06. The lowest BCUT2D eigenvalue weighted by molar-refractivity contribution is -0.136. The topological polar surface area (TPSA) is 70.0 Å². The predicted molar refractivity (Wildman–Crippen MR) is 66.8 cm³/mol. The van der Waals surface area contributed by atoms with E-state index in [-0.39, 0.29) is 4.47 Å². The summed E-state index contributed by atoms with van der Waals surface area (Å²) in [6, 6.07) is 4.46. The number of alkyl halides is 3. The number of sulfonamides is 1. The normalized spacial score (nSPS) is 13.7. The zero-order valence-corrected chi connectivity index (χ0v) is 11.9. The third kappa shape index (κ3) is 3.84. The number of hydrogen-bond donors (Lipinski definition) is 1. The molecule has 0 saturated heterocycles. The van der Waals surface area contributed by atoms with Crippen molar-refractivity contribution in [2.45, 2.75) is 18.3 Å². The first-order valence-electron chi connectivity index (χ1n) is 4.86. The van der Waals surface area contributed by atoms with E-state index < -0.39 is 32.7 Å². The van der Waals surface area contributed by atoms with Crippen LogP contribution in [0.1, 0.15) is 12.5 Å². The zero-order valence-electron chi connectivity index (χ0n) is 9.49. The Morgan fingerprint density at radius 3 is 2.47 bits per heavy atom. The molecule has 0 aliphatic carbocycles. The fourth-order valence-corrected chi connectivity index (χ4v) is 2.31. The van der Waals surface area contributed by atoms with Crippen LogP contribution in [0.2, 0.25) is 0 Å². The minimum absolute atomic E-state index is 0.163. The number of anilines is 1. The van der Waals surface area contributed by atoms with Gasteiger partial charge in [0.25, 0.3) is 0 Å². The average molecular weight is 357 g/mol. The molecule has 0 fully saturated rings. The van der Waals surface area contributed by atoms with E-state index in [0.717, 1.165) is 19.1 Å². The van der Waals surface area contributed by atoms with Crippen LogP contribution in [0.25, 0.3) is 0 Å². The predicted octanol–water partition coefficient (Wildman–Crippen LogP) is 3.12. The monoisotopic (exact) mass is 356 g/mol. The van der Waals surface area contributed by atoms with Crippen molar-refractivity contribution in [1.29, 1.82) is 5.26 Å². The fraction of sp³-hybridized carbons (Fsp3) is 0.300. The maximum absolute atomic E-state index is 12.8. The number of hydrogen-bond acceptors (Lipinski definition) is 3. The van der Waals surface area contributed by atoms with Crippen LogP contribution in [0, 0.1) is 11.3 Å². The summed E-state index contributed by atoms with van der Waals surface area (Å²) in [5.74, 6) is 0. The van der Waals surface area contributed by atoms with Gasteiger partial charge < -0.3 is 0 Å². The van der Waals surface area contributed by atoms with E-state index in [1.54, 1.807) is 4.72 Å². The lowest BCUT2D eigenvalue weighted by Gasteiger charge is -2.15. The molecule has 0 heterocycles. The van der Waals surface area contributed by atoms with Crippen molar-refractivity contribution in [3.05, 3.63) is 28.2 Å². The second kappa shape index (κ2) is 5.38. The van der Waals surface area contributed by atoms with Gasteiger partial charge in [0.1, 0.15) is 0 Å². The molecule has 0 saturated carbocycles. The Bertz CT molecular complexity index is 623.